The van der Waals surface area contributed by atoms with Gasteiger partial charge in [-0.25, -0.2) is 4.79 Å². The van der Waals surface area contributed by atoms with Crippen LogP contribution in [0.4, 0.5) is 10.5 Å². The van der Waals surface area contributed by atoms with E-state index in [0.29, 0.717) is 56.1 Å². The third-order valence-electron chi connectivity index (χ3n) is 6.34. The van der Waals surface area contributed by atoms with Gasteiger partial charge < -0.3 is 24.0 Å². The van der Waals surface area contributed by atoms with Crippen LogP contribution in [0.2, 0.25) is 0 Å². The van der Waals surface area contributed by atoms with E-state index in [9.17, 15) is 9.59 Å². The van der Waals surface area contributed by atoms with Gasteiger partial charge in [-0.05, 0) is 82.3 Å². The number of benzene rings is 2. The third-order valence-corrected chi connectivity index (χ3v) is 6.34. The molecule has 0 radical (unpaired) electrons. The molecule has 0 spiro atoms. The highest BCUT2D eigenvalue weighted by Crippen LogP contribution is 2.41. The van der Waals surface area contributed by atoms with Gasteiger partial charge in [0.05, 0.1) is 24.9 Å². The number of carbonyl (C=O) groups is 2. The Kier molecular flexibility index (Phi) is 6.47. The molecule has 2 aromatic carbocycles. The molecule has 0 aromatic heterocycles. The maximum Gasteiger partial charge on any atom is 0.410 e. The Balaban J connectivity index is 1.66. The van der Waals surface area contributed by atoms with Crippen molar-refractivity contribution in [2.45, 2.75) is 53.1 Å². The molecule has 2 amide bonds. The number of hydrogen-bond acceptors (Lipinski definition) is 5. The van der Waals surface area contributed by atoms with E-state index in [1.165, 1.54) is 5.56 Å². The summed E-state index contributed by atoms with van der Waals surface area (Å²) in [6.45, 7) is 11.7. The Labute approximate surface area is 201 Å². The SMILES string of the molecule is COc1ccc(C)cc1C(=O)N1CCOc2cc3c(c(C)c21)CCN(C(=O)OC(C)(C)C)CC3. The largest absolute Gasteiger partial charge is 0.496 e. The van der Waals surface area contributed by atoms with Crippen molar-refractivity contribution in [3.05, 3.63) is 52.1 Å². The number of aryl methyl sites for hydroxylation is 1. The molecule has 0 aliphatic carbocycles. The minimum Gasteiger partial charge on any atom is -0.496 e. The summed E-state index contributed by atoms with van der Waals surface area (Å²) in [6, 6.07) is 7.68. The van der Waals surface area contributed by atoms with Gasteiger partial charge in [0.25, 0.3) is 5.91 Å². The van der Waals surface area contributed by atoms with E-state index in [1.807, 2.05) is 63.8 Å². The number of ether oxygens (including phenoxy) is 3. The average Bonchev–Trinajstić information content (AvgIpc) is 3.00. The third kappa shape index (κ3) is 4.69. The Morgan fingerprint density at radius 1 is 1.03 bits per heavy atom. The molecule has 0 N–H and O–H groups in total. The van der Waals surface area contributed by atoms with Crippen LogP contribution in [0.5, 0.6) is 11.5 Å². The molecular formula is C27H34N2O5. The minimum atomic E-state index is -0.531. The number of anilines is 1. The summed E-state index contributed by atoms with van der Waals surface area (Å²) in [4.78, 5) is 29.9. The molecule has 0 bridgehead atoms. The van der Waals surface area contributed by atoms with Gasteiger partial charge in [-0.2, -0.15) is 0 Å². The van der Waals surface area contributed by atoms with Crippen molar-refractivity contribution in [2.75, 3.05) is 38.3 Å². The molecule has 7 nitrogen and oxygen atoms in total. The normalized spacial score (nSPS) is 15.6. The lowest BCUT2D eigenvalue weighted by atomic mass is 9.94. The average molecular weight is 467 g/mol. The lowest BCUT2D eigenvalue weighted by Gasteiger charge is -2.33. The number of methoxy groups -OCH3 is 1. The quantitative estimate of drug-likeness (QED) is 0.643. The molecule has 0 atom stereocenters. The molecule has 34 heavy (non-hydrogen) atoms. The molecule has 2 heterocycles. The van der Waals surface area contributed by atoms with Gasteiger partial charge in [0, 0.05) is 13.1 Å². The van der Waals surface area contributed by atoms with Crippen molar-refractivity contribution < 1.29 is 23.8 Å². The monoisotopic (exact) mass is 466 g/mol. The molecule has 2 aromatic rings. The van der Waals surface area contributed by atoms with Crippen LogP contribution < -0.4 is 14.4 Å². The first kappa shape index (κ1) is 23.9. The van der Waals surface area contributed by atoms with Crippen LogP contribution >= 0.6 is 0 Å². The number of rotatable bonds is 2. The van der Waals surface area contributed by atoms with E-state index in [-0.39, 0.29) is 12.0 Å². The second-order valence-corrected chi connectivity index (χ2v) is 9.96. The summed E-state index contributed by atoms with van der Waals surface area (Å²) in [5.74, 6) is 1.18. The van der Waals surface area contributed by atoms with E-state index in [4.69, 9.17) is 14.2 Å². The van der Waals surface area contributed by atoms with Crippen LogP contribution in [0.1, 0.15) is 53.4 Å². The molecule has 2 aliphatic heterocycles. The molecule has 7 heteroatoms. The predicted octanol–water partition coefficient (Wildman–Crippen LogP) is 4.69. The number of carbonyl (C=O) groups excluding carboxylic acids is 2. The first-order valence-corrected chi connectivity index (χ1v) is 11.8. The summed E-state index contributed by atoms with van der Waals surface area (Å²) in [7, 11) is 1.58. The standard InChI is InChI=1S/C27H34N2O5/c1-17-7-8-22(32-6)21(15-17)25(30)29-13-14-33-23-16-19-9-11-28(26(31)34-27(3,4)5)12-10-20(19)18(2)24(23)29/h7-8,15-16H,9-14H2,1-6H3. The second kappa shape index (κ2) is 9.20. The highest BCUT2D eigenvalue weighted by Gasteiger charge is 2.32. The van der Waals surface area contributed by atoms with Crippen LogP contribution in [0.3, 0.4) is 0 Å². The lowest BCUT2D eigenvalue weighted by molar-refractivity contribution is 0.0258. The smallest absolute Gasteiger partial charge is 0.410 e. The predicted molar refractivity (Wildman–Crippen MR) is 131 cm³/mol. The van der Waals surface area contributed by atoms with Crippen molar-refractivity contribution in [3.63, 3.8) is 0 Å². The highest BCUT2D eigenvalue weighted by atomic mass is 16.6. The van der Waals surface area contributed by atoms with Gasteiger partial charge in [0.1, 0.15) is 23.7 Å². The van der Waals surface area contributed by atoms with Gasteiger partial charge >= 0.3 is 6.09 Å². The molecule has 0 saturated heterocycles. The van der Waals surface area contributed by atoms with Crippen molar-refractivity contribution >= 4 is 17.7 Å². The van der Waals surface area contributed by atoms with E-state index in [1.54, 1.807) is 12.0 Å². The van der Waals surface area contributed by atoms with Gasteiger partial charge in [-0.3, -0.25) is 4.79 Å². The summed E-state index contributed by atoms with van der Waals surface area (Å²) < 4.78 is 17.1. The van der Waals surface area contributed by atoms with Crippen molar-refractivity contribution in [2.24, 2.45) is 0 Å². The topological polar surface area (TPSA) is 68.3 Å². The molecule has 182 valence electrons. The van der Waals surface area contributed by atoms with E-state index >= 15 is 0 Å². The molecule has 4 rings (SSSR count). The summed E-state index contributed by atoms with van der Waals surface area (Å²) in [6.07, 6.45) is 1.12. The van der Waals surface area contributed by atoms with Crippen LogP contribution in [-0.4, -0.2) is 55.9 Å². The minimum absolute atomic E-state index is 0.0999. The van der Waals surface area contributed by atoms with Gasteiger partial charge in [-0.15, -0.1) is 0 Å². The first-order chi connectivity index (χ1) is 16.1. The van der Waals surface area contributed by atoms with Crippen LogP contribution in [-0.2, 0) is 17.6 Å². The number of fused-ring (bicyclic) bond motifs is 2. The van der Waals surface area contributed by atoms with Crippen molar-refractivity contribution in [1.82, 2.24) is 4.90 Å². The van der Waals surface area contributed by atoms with Gasteiger partial charge in [-0.1, -0.05) is 11.6 Å². The molecule has 0 fully saturated rings. The second-order valence-electron chi connectivity index (χ2n) is 9.96. The van der Waals surface area contributed by atoms with Crippen molar-refractivity contribution in [3.8, 4) is 11.5 Å². The zero-order valence-corrected chi connectivity index (χ0v) is 21.0. The fourth-order valence-corrected chi connectivity index (χ4v) is 4.72. The van der Waals surface area contributed by atoms with Crippen LogP contribution in [0.15, 0.2) is 24.3 Å². The molecule has 0 unspecified atom stereocenters. The van der Waals surface area contributed by atoms with Gasteiger partial charge in [0.15, 0.2) is 0 Å². The van der Waals surface area contributed by atoms with Crippen LogP contribution in [0, 0.1) is 13.8 Å². The first-order valence-electron chi connectivity index (χ1n) is 11.8. The van der Waals surface area contributed by atoms with Crippen LogP contribution in [0.25, 0.3) is 0 Å². The maximum absolute atomic E-state index is 13.7. The summed E-state index contributed by atoms with van der Waals surface area (Å²) in [5.41, 5.74) is 5.17. The van der Waals surface area contributed by atoms with Crippen molar-refractivity contribution in [1.29, 1.82) is 0 Å². The zero-order valence-electron chi connectivity index (χ0n) is 21.0. The maximum atomic E-state index is 13.7. The summed E-state index contributed by atoms with van der Waals surface area (Å²) >= 11 is 0. The fraction of sp³-hybridized carbons (Fsp3) is 0.481. The zero-order chi connectivity index (χ0) is 24.6. The summed E-state index contributed by atoms with van der Waals surface area (Å²) in [5, 5.41) is 0. The molecular weight excluding hydrogens is 432 g/mol. The van der Waals surface area contributed by atoms with Gasteiger partial charge in [0.2, 0.25) is 0 Å². The number of hydrogen-bond donors (Lipinski definition) is 0. The Morgan fingerprint density at radius 3 is 2.47 bits per heavy atom. The molecule has 2 aliphatic rings. The Morgan fingerprint density at radius 2 is 1.76 bits per heavy atom. The fourth-order valence-electron chi connectivity index (χ4n) is 4.72. The number of amides is 2. The lowest BCUT2D eigenvalue weighted by Crippen LogP contribution is -2.39. The Bertz CT molecular complexity index is 1120. The van der Waals surface area contributed by atoms with E-state index < -0.39 is 5.60 Å². The Hall–Kier alpha value is -3.22. The number of nitrogens with zero attached hydrogens (tertiary/aromatic N) is 2. The van der Waals surface area contributed by atoms with E-state index in [2.05, 4.69) is 0 Å². The van der Waals surface area contributed by atoms with E-state index in [0.717, 1.165) is 22.4 Å². The molecule has 0 saturated carbocycles. The highest BCUT2D eigenvalue weighted by molar-refractivity contribution is 6.09.